The molecule has 0 fully saturated rings. The Balaban J connectivity index is 2.22. The van der Waals surface area contributed by atoms with Crippen LogP contribution in [0.5, 0.6) is 5.75 Å². The van der Waals surface area contributed by atoms with Gasteiger partial charge in [-0.2, -0.15) is 0 Å². The van der Waals surface area contributed by atoms with E-state index in [1.54, 1.807) is 6.07 Å². The number of carbonyl (C=O) groups is 1. The summed E-state index contributed by atoms with van der Waals surface area (Å²) >= 11 is 0. The van der Waals surface area contributed by atoms with E-state index in [4.69, 9.17) is 9.84 Å². The summed E-state index contributed by atoms with van der Waals surface area (Å²) in [5.74, 6) is -0.147. The predicted octanol–water partition coefficient (Wildman–Crippen LogP) is 3.24. The Labute approximate surface area is 111 Å². The maximum absolute atomic E-state index is 10.9. The number of rotatable bonds is 5. The molecule has 0 saturated heterocycles. The second-order valence-electron chi connectivity index (χ2n) is 4.11. The van der Waals surface area contributed by atoms with Crippen LogP contribution in [0.4, 0.5) is 0 Å². The molecule has 0 atom stereocenters. The molecule has 0 aliphatic heterocycles. The van der Waals surface area contributed by atoms with Gasteiger partial charge in [-0.15, -0.1) is 0 Å². The summed E-state index contributed by atoms with van der Waals surface area (Å²) in [6.07, 6.45) is 2.46. The maximum Gasteiger partial charge on any atom is 0.335 e. The van der Waals surface area contributed by atoms with Gasteiger partial charge < -0.3 is 9.84 Å². The van der Waals surface area contributed by atoms with E-state index in [-0.39, 0.29) is 5.56 Å². The fourth-order valence-corrected chi connectivity index (χ4v) is 1.66. The van der Waals surface area contributed by atoms with Gasteiger partial charge in [-0.3, -0.25) is 4.98 Å². The molecule has 98 valence electrons. The molecule has 0 unspecified atom stereocenters. The molecule has 0 radical (unpaired) electrons. The summed E-state index contributed by atoms with van der Waals surface area (Å²) < 4.78 is 5.49. The van der Waals surface area contributed by atoms with Crippen LogP contribution in [0.15, 0.2) is 42.6 Å². The van der Waals surface area contributed by atoms with Gasteiger partial charge in [0.15, 0.2) is 0 Å². The number of carboxylic acid groups (broad SMARTS) is 1. The summed E-state index contributed by atoms with van der Waals surface area (Å²) in [5.41, 5.74) is 1.74. The molecular formula is C15H15NO3. The van der Waals surface area contributed by atoms with Crippen molar-refractivity contribution >= 4 is 5.97 Å². The number of pyridine rings is 1. The molecule has 4 nitrogen and oxygen atoms in total. The number of nitrogens with zero attached hydrogens (tertiary/aromatic N) is 1. The van der Waals surface area contributed by atoms with Crippen LogP contribution in [0.1, 0.15) is 23.7 Å². The van der Waals surface area contributed by atoms with Crippen molar-refractivity contribution in [3.8, 4) is 17.0 Å². The summed E-state index contributed by atoms with van der Waals surface area (Å²) in [5, 5.41) is 8.95. The van der Waals surface area contributed by atoms with Crippen molar-refractivity contribution < 1.29 is 14.6 Å². The van der Waals surface area contributed by atoms with Gasteiger partial charge in [0.2, 0.25) is 0 Å². The van der Waals surface area contributed by atoms with E-state index in [2.05, 4.69) is 11.9 Å². The first kappa shape index (κ1) is 13.1. The van der Waals surface area contributed by atoms with Gasteiger partial charge in [0.05, 0.1) is 17.9 Å². The number of hydrogen-bond donors (Lipinski definition) is 1. The van der Waals surface area contributed by atoms with E-state index in [1.807, 2.05) is 24.3 Å². The van der Waals surface area contributed by atoms with Crippen molar-refractivity contribution in [2.45, 2.75) is 13.3 Å². The predicted molar refractivity (Wildman–Crippen MR) is 72.4 cm³/mol. The number of hydrogen-bond acceptors (Lipinski definition) is 3. The molecule has 1 N–H and O–H groups in total. The van der Waals surface area contributed by atoms with Crippen molar-refractivity contribution in [2.75, 3.05) is 6.61 Å². The SMILES string of the molecule is CCCOc1ccc(-c2cc(C(=O)O)ccn2)cc1. The highest BCUT2D eigenvalue weighted by Crippen LogP contribution is 2.21. The van der Waals surface area contributed by atoms with Gasteiger partial charge >= 0.3 is 5.97 Å². The van der Waals surface area contributed by atoms with Crippen molar-refractivity contribution in [3.05, 3.63) is 48.2 Å². The van der Waals surface area contributed by atoms with Crippen molar-refractivity contribution in [2.24, 2.45) is 0 Å². The van der Waals surface area contributed by atoms with Crippen LogP contribution in [-0.4, -0.2) is 22.7 Å². The van der Waals surface area contributed by atoms with Crippen LogP contribution >= 0.6 is 0 Å². The molecule has 0 saturated carbocycles. The molecule has 2 aromatic rings. The number of aromatic carboxylic acids is 1. The van der Waals surface area contributed by atoms with Crippen molar-refractivity contribution in [3.63, 3.8) is 0 Å². The van der Waals surface area contributed by atoms with Crippen molar-refractivity contribution in [1.82, 2.24) is 4.98 Å². The van der Waals surface area contributed by atoms with Crippen LogP contribution in [-0.2, 0) is 0 Å². The Morgan fingerprint density at radius 2 is 2.00 bits per heavy atom. The van der Waals surface area contributed by atoms with Crippen molar-refractivity contribution in [1.29, 1.82) is 0 Å². The fraction of sp³-hybridized carbons (Fsp3) is 0.200. The van der Waals surface area contributed by atoms with Gasteiger partial charge in [-0.1, -0.05) is 6.92 Å². The van der Waals surface area contributed by atoms with Gasteiger partial charge in [0.1, 0.15) is 5.75 Å². The number of ether oxygens (including phenoxy) is 1. The minimum atomic E-state index is -0.952. The number of aromatic nitrogens is 1. The average molecular weight is 257 g/mol. The second kappa shape index (κ2) is 6.00. The molecule has 0 amide bonds. The standard InChI is InChI=1S/C15H15NO3/c1-2-9-19-13-5-3-11(4-6-13)14-10-12(15(17)18)7-8-16-14/h3-8,10H,2,9H2,1H3,(H,17,18). The summed E-state index contributed by atoms with van der Waals surface area (Å²) in [4.78, 5) is 15.1. The molecule has 1 aromatic carbocycles. The van der Waals surface area contributed by atoms with Crippen LogP contribution in [0.3, 0.4) is 0 Å². The Kier molecular flexibility index (Phi) is 4.13. The second-order valence-corrected chi connectivity index (χ2v) is 4.11. The Hall–Kier alpha value is -2.36. The molecular weight excluding hydrogens is 242 g/mol. The molecule has 19 heavy (non-hydrogen) atoms. The largest absolute Gasteiger partial charge is 0.494 e. The normalized spacial score (nSPS) is 10.2. The van der Waals surface area contributed by atoms with Gasteiger partial charge in [0.25, 0.3) is 0 Å². The lowest BCUT2D eigenvalue weighted by Gasteiger charge is -2.06. The molecule has 2 rings (SSSR count). The first-order chi connectivity index (χ1) is 9.20. The lowest BCUT2D eigenvalue weighted by molar-refractivity contribution is 0.0697. The van der Waals surface area contributed by atoms with Gasteiger partial charge in [-0.25, -0.2) is 4.79 Å². The summed E-state index contributed by atoms with van der Waals surface area (Å²) in [6, 6.07) is 10.5. The molecule has 0 aliphatic carbocycles. The highest BCUT2D eigenvalue weighted by atomic mass is 16.5. The lowest BCUT2D eigenvalue weighted by Crippen LogP contribution is -1.97. The van der Waals surface area contributed by atoms with Gasteiger partial charge in [0, 0.05) is 11.8 Å². The Bertz CT molecular complexity index is 564. The van der Waals surface area contributed by atoms with E-state index >= 15 is 0 Å². The quantitative estimate of drug-likeness (QED) is 0.893. The molecule has 4 heteroatoms. The first-order valence-electron chi connectivity index (χ1n) is 6.13. The van der Waals surface area contributed by atoms with Gasteiger partial charge in [-0.05, 0) is 42.8 Å². The summed E-state index contributed by atoms with van der Waals surface area (Å²) in [6.45, 7) is 2.74. The summed E-state index contributed by atoms with van der Waals surface area (Å²) in [7, 11) is 0. The fourth-order valence-electron chi connectivity index (χ4n) is 1.66. The third kappa shape index (κ3) is 3.31. The van der Waals surface area contributed by atoms with E-state index < -0.39 is 5.97 Å². The minimum absolute atomic E-state index is 0.233. The monoisotopic (exact) mass is 257 g/mol. The number of benzene rings is 1. The van der Waals surface area contributed by atoms with E-state index in [0.717, 1.165) is 17.7 Å². The smallest absolute Gasteiger partial charge is 0.335 e. The highest BCUT2D eigenvalue weighted by molar-refractivity contribution is 5.88. The van der Waals surface area contributed by atoms with Crippen LogP contribution < -0.4 is 4.74 Å². The molecule has 0 spiro atoms. The molecule has 1 aromatic heterocycles. The van der Waals surface area contributed by atoms with Crippen LogP contribution in [0.2, 0.25) is 0 Å². The van der Waals surface area contributed by atoms with E-state index in [0.29, 0.717) is 12.3 Å². The van der Waals surface area contributed by atoms with Crippen LogP contribution in [0, 0.1) is 0 Å². The molecule has 1 heterocycles. The zero-order valence-electron chi connectivity index (χ0n) is 10.7. The zero-order chi connectivity index (χ0) is 13.7. The average Bonchev–Trinajstić information content (AvgIpc) is 2.46. The van der Waals surface area contributed by atoms with Crippen LogP contribution in [0.25, 0.3) is 11.3 Å². The highest BCUT2D eigenvalue weighted by Gasteiger charge is 2.06. The van der Waals surface area contributed by atoms with E-state index in [1.165, 1.54) is 12.3 Å². The Morgan fingerprint density at radius 3 is 2.63 bits per heavy atom. The molecule has 0 bridgehead atoms. The third-order valence-corrected chi connectivity index (χ3v) is 2.63. The first-order valence-corrected chi connectivity index (χ1v) is 6.13. The zero-order valence-corrected chi connectivity index (χ0v) is 10.7. The Morgan fingerprint density at radius 1 is 1.26 bits per heavy atom. The number of carboxylic acids is 1. The molecule has 0 aliphatic rings. The maximum atomic E-state index is 10.9. The van der Waals surface area contributed by atoms with E-state index in [9.17, 15) is 4.79 Å². The topological polar surface area (TPSA) is 59.4 Å². The minimum Gasteiger partial charge on any atom is -0.494 e. The lowest BCUT2D eigenvalue weighted by atomic mass is 10.1. The third-order valence-electron chi connectivity index (χ3n) is 2.63.